The summed E-state index contributed by atoms with van der Waals surface area (Å²) in [5, 5.41) is 21.9. The quantitative estimate of drug-likeness (QED) is 0.726. The van der Waals surface area contributed by atoms with Crippen LogP contribution in [0.25, 0.3) is 0 Å². The lowest BCUT2D eigenvalue weighted by molar-refractivity contribution is 0.251. The van der Waals surface area contributed by atoms with E-state index in [4.69, 9.17) is 5.11 Å². The minimum atomic E-state index is 0.238. The molecule has 0 fully saturated rings. The lowest BCUT2D eigenvalue weighted by atomic mass is 10.0. The Balaban J connectivity index is 2.42. The molecule has 3 N–H and O–H groups in total. The SMILES string of the molecule is CCC(CCO)CNCc1cc(Br)ccc1O. The summed E-state index contributed by atoms with van der Waals surface area (Å²) in [4.78, 5) is 0. The molecule has 0 saturated heterocycles. The predicted molar refractivity (Wildman–Crippen MR) is 73.0 cm³/mol. The second kappa shape index (κ2) is 7.69. The molecule has 1 atom stereocenters. The summed E-state index contributed by atoms with van der Waals surface area (Å²) in [5.74, 6) is 0.810. The molecule has 0 spiro atoms. The second-order valence-electron chi connectivity index (χ2n) is 4.19. The number of aliphatic hydroxyl groups is 1. The zero-order chi connectivity index (χ0) is 12.7. The first-order chi connectivity index (χ1) is 8.17. The normalized spacial score (nSPS) is 12.6. The molecule has 1 unspecified atom stereocenters. The number of aromatic hydroxyl groups is 1. The van der Waals surface area contributed by atoms with E-state index in [1.54, 1.807) is 6.07 Å². The molecule has 96 valence electrons. The van der Waals surface area contributed by atoms with Gasteiger partial charge in [-0.2, -0.15) is 0 Å². The molecular formula is C13H20BrNO2. The predicted octanol–water partition coefficient (Wildman–Crippen LogP) is 2.65. The maximum atomic E-state index is 9.66. The van der Waals surface area contributed by atoms with Crippen molar-refractivity contribution < 1.29 is 10.2 Å². The third kappa shape index (κ3) is 5.06. The first-order valence-electron chi connectivity index (χ1n) is 5.96. The van der Waals surface area contributed by atoms with Crippen LogP contribution in [0.3, 0.4) is 0 Å². The van der Waals surface area contributed by atoms with Crippen LogP contribution in [0.2, 0.25) is 0 Å². The average Bonchev–Trinajstić information content (AvgIpc) is 2.32. The molecule has 0 aliphatic carbocycles. The molecule has 0 amide bonds. The van der Waals surface area contributed by atoms with Crippen LogP contribution in [-0.4, -0.2) is 23.4 Å². The third-order valence-electron chi connectivity index (χ3n) is 2.90. The molecule has 0 radical (unpaired) electrons. The monoisotopic (exact) mass is 301 g/mol. The maximum Gasteiger partial charge on any atom is 0.120 e. The summed E-state index contributed by atoms with van der Waals surface area (Å²) in [5.41, 5.74) is 0.887. The molecule has 3 nitrogen and oxygen atoms in total. The Hall–Kier alpha value is -0.580. The van der Waals surface area contributed by atoms with Crippen LogP contribution in [0.1, 0.15) is 25.3 Å². The van der Waals surface area contributed by atoms with E-state index < -0.39 is 0 Å². The minimum absolute atomic E-state index is 0.238. The Morgan fingerprint density at radius 1 is 1.41 bits per heavy atom. The van der Waals surface area contributed by atoms with Crippen molar-refractivity contribution in [3.8, 4) is 5.75 Å². The van der Waals surface area contributed by atoms with Gasteiger partial charge in [-0.15, -0.1) is 0 Å². The molecule has 0 saturated carbocycles. The van der Waals surface area contributed by atoms with Gasteiger partial charge in [0.05, 0.1) is 0 Å². The number of benzene rings is 1. The van der Waals surface area contributed by atoms with Crippen molar-refractivity contribution in [3.63, 3.8) is 0 Å². The maximum absolute atomic E-state index is 9.66. The van der Waals surface area contributed by atoms with Gasteiger partial charge in [-0.3, -0.25) is 0 Å². The second-order valence-corrected chi connectivity index (χ2v) is 5.11. The van der Waals surface area contributed by atoms with Crippen LogP contribution in [-0.2, 0) is 6.54 Å². The van der Waals surface area contributed by atoms with Gasteiger partial charge in [0.1, 0.15) is 5.75 Å². The van der Waals surface area contributed by atoms with E-state index in [1.807, 2.05) is 12.1 Å². The van der Waals surface area contributed by atoms with E-state index in [0.717, 1.165) is 29.4 Å². The highest BCUT2D eigenvalue weighted by atomic mass is 79.9. The molecule has 0 aliphatic heterocycles. The Kier molecular flexibility index (Phi) is 6.55. The van der Waals surface area contributed by atoms with Gasteiger partial charge in [-0.05, 0) is 37.1 Å². The lowest BCUT2D eigenvalue weighted by Gasteiger charge is -2.14. The number of rotatable bonds is 7. The van der Waals surface area contributed by atoms with Gasteiger partial charge in [0.15, 0.2) is 0 Å². The minimum Gasteiger partial charge on any atom is -0.508 e. The molecule has 0 aromatic heterocycles. The van der Waals surface area contributed by atoms with E-state index in [2.05, 4.69) is 28.2 Å². The van der Waals surface area contributed by atoms with Crippen molar-refractivity contribution in [2.24, 2.45) is 5.92 Å². The number of halogens is 1. The van der Waals surface area contributed by atoms with Gasteiger partial charge in [-0.25, -0.2) is 0 Å². The average molecular weight is 302 g/mol. The molecule has 17 heavy (non-hydrogen) atoms. The smallest absolute Gasteiger partial charge is 0.120 e. The fourth-order valence-electron chi connectivity index (χ4n) is 1.74. The first kappa shape index (κ1) is 14.5. The van der Waals surface area contributed by atoms with Crippen LogP contribution >= 0.6 is 15.9 Å². The van der Waals surface area contributed by atoms with Gasteiger partial charge in [0.2, 0.25) is 0 Å². The van der Waals surface area contributed by atoms with Gasteiger partial charge in [-0.1, -0.05) is 29.3 Å². The van der Waals surface area contributed by atoms with Crippen LogP contribution in [0.15, 0.2) is 22.7 Å². The van der Waals surface area contributed by atoms with Crippen LogP contribution in [0.4, 0.5) is 0 Å². The number of phenolic OH excluding ortho intramolecular Hbond substituents is 1. The first-order valence-corrected chi connectivity index (χ1v) is 6.75. The molecule has 0 heterocycles. The van der Waals surface area contributed by atoms with Crippen molar-refractivity contribution >= 4 is 15.9 Å². The van der Waals surface area contributed by atoms with Gasteiger partial charge in [0.25, 0.3) is 0 Å². The molecule has 1 aromatic carbocycles. The number of nitrogens with one attached hydrogen (secondary N) is 1. The summed E-state index contributed by atoms with van der Waals surface area (Å²) in [6, 6.07) is 5.42. The van der Waals surface area contributed by atoms with E-state index in [1.165, 1.54) is 0 Å². The highest BCUT2D eigenvalue weighted by Gasteiger charge is 2.06. The van der Waals surface area contributed by atoms with Crippen molar-refractivity contribution in [2.45, 2.75) is 26.3 Å². The highest BCUT2D eigenvalue weighted by Crippen LogP contribution is 2.21. The van der Waals surface area contributed by atoms with Crippen molar-refractivity contribution in [1.29, 1.82) is 0 Å². The van der Waals surface area contributed by atoms with Gasteiger partial charge < -0.3 is 15.5 Å². The van der Waals surface area contributed by atoms with Gasteiger partial charge in [0, 0.05) is 23.2 Å². The lowest BCUT2D eigenvalue weighted by Crippen LogP contribution is -2.22. The molecule has 1 aromatic rings. The van der Waals surface area contributed by atoms with E-state index >= 15 is 0 Å². The summed E-state index contributed by atoms with van der Waals surface area (Å²) < 4.78 is 0.967. The molecule has 1 rings (SSSR count). The molecule has 0 aliphatic rings. The van der Waals surface area contributed by atoms with E-state index in [9.17, 15) is 5.11 Å². The fourth-order valence-corrected chi connectivity index (χ4v) is 2.15. The van der Waals surface area contributed by atoms with Crippen LogP contribution in [0.5, 0.6) is 5.75 Å². The Morgan fingerprint density at radius 3 is 2.82 bits per heavy atom. The van der Waals surface area contributed by atoms with Crippen LogP contribution < -0.4 is 5.32 Å². The summed E-state index contributed by atoms with van der Waals surface area (Å²) >= 11 is 3.38. The zero-order valence-electron chi connectivity index (χ0n) is 10.1. The van der Waals surface area contributed by atoms with Crippen molar-refractivity contribution in [1.82, 2.24) is 5.32 Å². The molecule has 4 heteroatoms. The summed E-state index contributed by atoms with van der Waals surface area (Å²) in [6.07, 6.45) is 1.88. The van der Waals surface area contributed by atoms with Gasteiger partial charge >= 0.3 is 0 Å². The Bertz CT molecular complexity index is 344. The summed E-state index contributed by atoms with van der Waals surface area (Å²) in [7, 11) is 0. The number of phenols is 1. The molecular weight excluding hydrogens is 282 g/mol. The fraction of sp³-hybridized carbons (Fsp3) is 0.538. The van der Waals surface area contributed by atoms with Crippen molar-refractivity contribution in [3.05, 3.63) is 28.2 Å². The third-order valence-corrected chi connectivity index (χ3v) is 3.40. The number of hydrogen-bond donors (Lipinski definition) is 3. The van der Waals surface area contributed by atoms with Crippen LogP contribution in [0, 0.1) is 5.92 Å². The van der Waals surface area contributed by atoms with E-state index in [0.29, 0.717) is 18.2 Å². The Morgan fingerprint density at radius 2 is 2.18 bits per heavy atom. The number of aliphatic hydroxyl groups excluding tert-OH is 1. The highest BCUT2D eigenvalue weighted by molar-refractivity contribution is 9.10. The van der Waals surface area contributed by atoms with E-state index in [-0.39, 0.29) is 6.61 Å². The van der Waals surface area contributed by atoms with Crippen molar-refractivity contribution in [2.75, 3.05) is 13.2 Å². The topological polar surface area (TPSA) is 52.5 Å². The standard InChI is InChI=1S/C13H20BrNO2/c1-2-10(5-6-16)8-15-9-11-7-12(14)3-4-13(11)17/h3-4,7,10,15-17H,2,5-6,8-9H2,1H3. The Labute approximate surface area is 111 Å². The zero-order valence-corrected chi connectivity index (χ0v) is 11.7. The molecule has 0 bridgehead atoms. The number of hydrogen-bond acceptors (Lipinski definition) is 3. The largest absolute Gasteiger partial charge is 0.508 e. The summed E-state index contributed by atoms with van der Waals surface area (Å²) in [6.45, 7) is 3.87.